The van der Waals surface area contributed by atoms with Crippen LogP contribution in [-0.4, -0.2) is 80.5 Å². The van der Waals surface area contributed by atoms with Gasteiger partial charge in [-0.15, -0.1) is 0 Å². The first-order valence-corrected chi connectivity index (χ1v) is 11.7. The molecule has 0 radical (unpaired) electrons. The molecule has 0 spiro atoms. The summed E-state index contributed by atoms with van der Waals surface area (Å²) in [5.41, 5.74) is 4.58. The third kappa shape index (κ3) is 4.16. The van der Waals surface area contributed by atoms with Gasteiger partial charge in [0.2, 0.25) is 0 Å². The van der Waals surface area contributed by atoms with Crippen LogP contribution in [0.2, 0.25) is 0 Å². The lowest BCUT2D eigenvalue weighted by Gasteiger charge is -2.43. The molecule has 30 heavy (non-hydrogen) atoms. The molecule has 4 rings (SSSR count). The van der Waals surface area contributed by atoms with E-state index in [-0.39, 0.29) is 18.3 Å². The molecule has 3 fully saturated rings. The van der Waals surface area contributed by atoms with Gasteiger partial charge in [0.25, 0.3) is 0 Å². The number of piperidine rings is 1. The Morgan fingerprint density at radius 3 is 1.83 bits per heavy atom. The van der Waals surface area contributed by atoms with Crippen LogP contribution in [0.3, 0.4) is 0 Å². The average Bonchev–Trinajstić information content (AvgIpc) is 2.90. The summed E-state index contributed by atoms with van der Waals surface area (Å²) in [6.07, 6.45) is 2.63. The molecule has 0 aromatic heterocycles. The summed E-state index contributed by atoms with van der Waals surface area (Å²) in [5.74, 6) is 0. The monoisotopic (exact) mass is 413 g/mol. The van der Waals surface area contributed by atoms with Gasteiger partial charge in [0, 0.05) is 37.9 Å². The minimum absolute atomic E-state index is 0.289. The predicted molar refractivity (Wildman–Crippen MR) is 126 cm³/mol. The normalized spacial score (nSPS) is 25.8. The molecule has 0 atom stereocenters. The molecule has 3 aliphatic rings. The van der Waals surface area contributed by atoms with Crippen LogP contribution >= 0.6 is 0 Å². The molecule has 1 aromatic carbocycles. The predicted octanol–water partition coefficient (Wildman–Crippen LogP) is 2.82. The number of aryl methyl sites for hydroxylation is 2. The van der Waals surface area contributed by atoms with Crippen molar-refractivity contribution in [3.8, 4) is 0 Å². The van der Waals surface area contributed by atoms with Crippen molar-refractivity contribution in [3.05, 3.63) is 23.3 Å². The Labute approximate surface area is 183 Å². The van der Waals surface area contributed by atoms with Crippen LogP contribution in [0.25, 0.3) is 0 Å². The zero-order valence-corrected chi connectivity index (χ0v) is 20.1. The van der Waals surface area contributed by atoms with Crippen LogP contribution in [0, 0.1) is 13.8 Å². The van der Waals surface area contributed by atoms with Crippen LogP contribution in [0.5, 0.6) is 0 Å². The van der Waals surface area contributed by atoms with Gasteiger partial charge >= 0.3 is 7.12 Å². The van der Waals surface area contributed by atoms with Gasteiger partial charge in [-0.1, -0.05) is 12.1 Å². The molecule has 166 valence electrons. The lowest BCUT2D eigenvalue weighted by atomic mass is 9.77. The molecule has 6 heteroatoms. The fourth-order valence-electron chi connectivity index (χ4n) is 5.27. The summed E-state index contributed by atoms with van der Waals surface area (Å²) < 4.78 is 12.6. The highest BCUT2D eigenvalue weighted by Crippen LogP contribution is 2.37. The van der Waals surface area contributed by atoms with Crippen LogP contribution in [-0.2, 0) is 9.31 Å². The summed E-state index contributed by atoms with van der Waals surface area (Å²) in [6, 6.07) is 5.32. The molecular weight excluding hydrogens is 373 g/mol. The second-order valence-corrected chi connectivity index (χ2v) is 10.6. The summed E-state index contributed by atoms with van der Waals surface area (Å²) in [5, 5.41) is 0. The van der Waals surface area contributed by atoms with E-state index < -0.39 is 0 Å². The molecule has 3 aliphatic heterocycles. The van der Waals surface area contributed by atoms with Crippen LogP contribution in [0.4, 0.5) is 5.69 Å². The van der Waals surface area contributed by atoms with E-state index in [1.165, 1.54) is 55.8 Å². The third-order valence-electron chi connectivity index (χ3n) is 7.87. The number of likely N-dealkylation sites (tertiary alicyclic amines) is 1. The Balaban J connectivity index is 1.44. The maximum atomic E-state index is 6.29. The standard InChI is InChI=1S/C24H40BN3O2/c1-18-16-20(25-29-23(3,4)24(5,6)30-25)17-19(2)22(18)28-14-12-27(13-15-28)21-8-10-26(7)11-9-21/h16-17,21H,8-15H2,1-7H3. The quantitative estimate of drug-likeness (QED) is 0.711. The van der Waals surface area contributed by atoms with Gasteiger partial charge in [-0.3, -0.25) is 4.90 Å². The van der Waals surface area contributed by atoms with E-state index in [2.05, 4.69) is 75.4 Å². The molecule has 3 saturated heterocycles. The highest BCUT2D eigenvalue weighted by Gasteiger charge is 2.51. The topological polar surface area (TPSA) is 28.2 Å². The van der Waals surface area contributed by atoms with Crippen LogP contribution < -0.4 is 10.4 Å². The van der Waals surface area contributed by atoms with Gasteiger partial charge in [0.05, 0.1) is 11.2 Å². The number of anilines is 1. The van der Waals surface area contributed by atoms with Crippen molar-refractivity contribution in [2.45, 2.75) is 71.6 Å². The van der Waals surface area contributed by atoms with E-state index in [1.807, 2.05) is 0 Å². The molecule has 0 aliphatic carbocycles. The lowest BCUT2D eigenvalue weighted by Crippen LogP contribution is -2.53. The van der Waals surface area contributed by atoms with Gasteiger partial charge in [-0.05, 0) is 91.1 Å². The van der Waals surface area contributed by atoms with Crippen LogP contribution in [0.15, 0.2) is 12.1 Å². The maximum absolute atomic E-state index is 6.29. The number of hydrogen-bond acceptors (Lipinski definition) is 5. The van der Waals surface area contributed by atoms with Gasteiger partial charge in [0.1, 0.15) is 0 Å². The highest BCUT2D eigenvalue weighted by molar-refractivity contribution is 6.62. The van der Waals surface area contributed by atoms with E-state index in [0.717, 1.165) is 24.6 Å². The Morgan fingerprint density at radius 2 is 1.33 bits per heavy atom. The van der Waals surface area contributed by atoms with Crippen molar-refractivity contribution in [1.29, 1.82) is 0 Å². The molecule has 1 aromatic rings. The minimum atomic E-state index is -0.303. The molecule has 0 unspecified atom stereocenters. The molecule has 5 nitrogen and oxygen atoms in total. The maximum Gasteiger partial charge on any atom is 0.494 e. The molecular formula is C24H40BN3O2. The Kier molecular flexibility index (Phi) is 5.99. The van der Waals surface area contributed by atoms with Crippen molar-refractivity contribution in [1.82, 2.24) is 9.80 Å². The molecule has 0 N–H and O–H groups in total. The van der Waals surface area contributed by atoms with E-state index >= 15 is 0 Å². The number of benzene rings is 1. The summed E-state index contributed by atoms with van der Waals surface area (Å²) in [4.78, 5) is 7.78. The minimum Gasteiger partial charge on any atom is -0.399 e. The second-order valence-electron chi connectivity index (χ2n) is 10.6. The second kappa shape index (κ2) is 8.12. The Hall–Kier alpha value is -1.08. The first-order chi connectivity index (χ1) is 14.1. The van der Waals surface area contributed by atoms with E-state index in [1.54, 1.807) is 0 Å². The molecule has 3 heterocycles. The van der Waals surface area contributed by atoms with Gasteiger partial charge in [0.15, 0.2) is 0 Å². The van der Waals surface area contributed by atoms with E-state index in [4.69, 9.17) is 9.31 Å². The van der Waals surface area contributed by atoms with Gasteiger partial charge in [-0.25, -0.2) is 0 Å². The number of piperazine rings is 1. The van der Waals surface area contributed by atoms with Gasteiger partial charge < -0.3 is 19.1 Å². The fourth-order valence-corrected chi connectivity index (χ4v) is 5.27. The fraction of sp³-hybridized carbons (Fsp3) is 0.750. The summed E-state index contributed by atoms with van der Waals surface area (Å²) >= 11 is 0. The summed E-state index contributed by atoms with van der Waals surface area (Å²) in [6.45, 7) is 20.0. The SMILES string of the molecule is Cc1cc(B2OC(C)(C)C(C)(C)O2)cc(C)c1N1CCN(C2CCN(C)CC2)CC1. The largest absolute Gasteiger partial charge is 0.494 e. The van der Waals surface area contributed by atoms with Crippen molar-refractivity contribution >= 4 is 18.3 Å². The first kappa shape index (κ1) is 22.1. The van der Waals surface area contributed by atoms with E-state index in [9.17, 15) is 0 Å². The number of nitrogens with zero attached hydrogens (tertiary/aromatic N) is 3. The van der Waals surface area contributed by atoms with Crippen molar-refractivity contribution < 1.29 is 9.31 Å². The van der Waals surface area contributed by atoms with E-state index in [0.29, 0.717) is 0 Å². The molecule has 0 bridgehead atoms. The number of hydrogen-bond donors (Lipinski definition) is 0. The summed E-state index contributed by atoms with van der Waals surface area (Å²) in [7, 11) is 1.95. The average molecular weight is 413 g/mol. The van der Waals surface area contributed by atoms with Crippen molar-refractivity contribution in [2.24, 2.45) is 0 Å². The van der Waals surface area contributed by atoms with Crippen molar-refractivity contribution in [2.75, 3.05) is 51.2 Å². The lowest BCUT2D eigenvalue weighted by molar-refractivity contribution is 0.00578. The van der Waals surface area contributed by atoms with Crippen molar-refractivity contribution in [3.63, 3.8) is 0 Å². The zero-order chi connectivity index (χ0) is 21.7. The Morgan fingerprint density at radius 1 is 0.833 bits per heavy atom. The van der Waals surface area contributed by atoms with Gasteiger partial charge in [-0.2, -0.15) is 0 Å². The first-order valence-electron chi connectivity index (χ1n) is 11.7. The number of rotatable bonds is 3. The molecule has 0 amide bonds. The highest BCUT2D eigenvalue weighted by atomic mass is 16.7. The third-order valence-corrected chi connectivity index (χ3v) is 7.87. The smallest absolute Gasteiger partial charge is 0.399 e. The Bertz CT molecular complexity index is 727. The zero-order valence-electron chi connectivity index (χ0n) is 20.1. The van der Waals surface area contributed by atoms with Crippen LogP contribution in [0.1, 0.15) is 51.7 Å². The molecule has 0 saturated carbocycles.